The van der Waals surface area contributed by atoms with Gasteiger partial charge in [-0.2, -0.15) is 4.99 Å². The number of nitrogens with zero attached hydrogens (tertiary/aromatic N) is 5. The van der Waals surface area contributed by atoms with E-state index in [-0.39, 0.29) is 22.9 Å². The van der Waals surface area contributed by atoms with Crippen LogP contribution in [0.5, 0.6) is 0 Å². The van der Waals surface area contributed by atoms with Gasteiger partial charge < -0.3 is 0 Å². The van der Waals surface area contributed by atoms with Gasteiger partial charge in [0, 0.05) is 11.6 Å². The standard InChI is InChI=1S/C29H32ClN7O2S/c1-6-8-23(9-7-2)36-17-31-27(35-36)22-13-11-21(12-14-22)20(5)33-34-28(39)32-29-37(25(38)16-40-29)26-19(4)18(3)10-15-24(26)30/h6,8-15,17,20,33H,7,16H2,1-5H3,(H,34,39)/b8-6-,23-9+,32-29-. The largest absolute Gasteiger partial charge is 0.357 e. The van der Waals surface area contributed by atoms with Crippen molar-refractivity contribution in [1.29, 1.82) is 0 Å². The van der Waals surface area contributed by atoms with Crippen molar-refractivity contribution in [2.24, 2.45) is 4.99 Å². The molecule has 1 aliphatic rings. The highest BCUT2D eigenvalue weighted by atomic mass is 35.5. The number of urea groups is 1. The third kappa shape index (κ3) is 6.52. The van der Waals surface area contributed by atoms with Gasteiger partial charge in [0.25, 0.3) is 0 Å². The summed E-state index contributed by atoms with van der Waals surface area (Å²) >= 11 is 7.63. The number of hydrazine groups is 1. The van der Waals surface area contributed by atoms with Crippen molar-refractivity contribution in [1.82, 2.24) is 25.6 Å². The molecule has 208 valence electrons. The van der Waals surface area contributed by atoms with E-state index in [0.29, 0.717) is 16.5 Å². The van der Waals surface area contributed by atoms with Gasteiger partial charge in [0.1, 0.15) is 6.33 Å². The highest BCUT2D eigenvalue weighted by Crippen LogP contribution is 2.36. The number of allylic oxidation sites excluding steroid dienone is 4. The van der Waals surface area contributed by atoms with Crippen molar-refractivity contribution in [3.8, 4) is 11.4 Å². The van der Waals surface area contributed by atoms with Crippen LogP contribution in [-0.4, -0.2) is 37.6 Å². The number of benzene rings is 2. The molecule has 0 saturated carbocycles. The first-order valence-electron chi connectivity index (χ1n) is 12.9. The van der Waals surface area contributed by atoms with Crippen molar-refractivity contribution in [3.63, 3.8) is 0 Å². The van der Waals surface area contributed by atoms with E-state index in [0.717, 1.165) is 34.4 Å². The molecule has 1 unspecified atom stereocenters. The summed E-state index contributed by atoms with van der Waals surface area (Å²) < 4.78 is 1.76. The minimum absolute atomic E-state index is 0.174. The van der Waals surface area contributed by atoms with E-state index in [4.69, 9.17) is 11.6 Å². The Morgan fingerprint density at radius 1 is 1.23 bits per heavy atom. The number of hydrogen-bond donors (Lipinski definition) is 2. The maximum atomic E-state index is 12.7. The summed E-state index contributed by atoms with van der Waals surface area (Å²) in [6.45, 7) is 9.81. The number of nitrogens with one attached hydrogen (secondary N) is 2. The van der Waals surface area contributed by atoms with E-state index in [2.05, 4.69) is 38.9 Å². The average molecular weight is 578 g/mol. The molecule has 1 fully saturated rings. The van der Waals surface area contributed by atoms with Crippen molar-refractivity contribution in [2.75, 3.05) is 10.7 Å². The average Bonchev–Trinajstić information content (AvgIpc) is 3.57. The van der Waals surface area contributed by atoms with Crippen LogP contribution >= 0.6 is 23.4 Å². The molecule has 9 nitrogen and oxygen atoms in total. The van der Waals surface area contributed by atoms with E-state index in [1.807, 2.05) is 70.2 Å². The number of halogens is 1. The molecule has 2 N–H and O–H groups in total. The zero-order valence-corrected chi connectivity index (χ0v) is 24.7. The lowest BCUT2D eigenvalue weighted by atomic mass is 10.1. The summed E-state index contributed by atoms with van der Waals surface area (Å²) in [5.41, 5.74) is 10.8. The summed E-state index contributed by atoms with van der Waals surface area (Å²) in [5, 5.41) is 5.33. The minimum atomic E-state index is -0.612. The molecule has 1 aliphatic heterocycles. The third-order valence-corrected chi connectivity index (χ3v) is 7.64. The first-order valence-corrected chi connectivity index (χ1v) is 14.3. The van der Waals surface area contributed by atoms with E-state index in [9.17, 15) is 9.59 Å². The van der Waals surface area contributed by atoms with Crippen LogP contribution in [0.15, 0.2) is 65.9 Å². The maximum Gasteiger partial charge on any atom is 0.357 e. The second kappa shape index (κ2) is 13.1. The Morgan fingerprint density at radius 2 is 1.98 bits per heavy atom. The lowest BCUT2D eigenvalue weighted by Crippen LogP contribution is -2.39. The molecule has 40 heavy (non-hydrogen) atoms. The van der Waals surface area contributed by atoms with Crippen molar-refractivity contribution < 1.29 is 9.59 Å². The quantitative estimate of drug-likeness (QED) is 0.235. The smallest absolute Gasteiger partial charge is 0.273 e. The SMILES string of the molecule is C/C=C\C(=C/CC)n1cnc(-c2ccc(C(C)NNC(=O)/N=C3\SCC(=O)N3c3c(Cl)ccc(C)c3C)cc2)n1. The maximum absolute atomic E-state index is 12.7. The Balaban J connectivity index is 1.41. The molecule has 2 heterocycles. The van der Waals surface area contributed by atoms with Gasteiger partial charge in [-0.15, -0.1) is 5.10 Å². The lowest BCUT2D eigenvalue weighted by molar-refractivity contribution is -0.115. The molecule has 0 radical (unpaired) electrons. The van der Waals surface area contributed by atoms with Crippen molar-refractivity contribution in [2.45, 2.75) is 47.1 Å². The second-order valence-electron chi connectivity index (χ2n) is 9.22. The van der Waals surface area contributed by atoms with Crippen LogP contribution in [0.2, 0.25) is 5.02 Å². The van der Waals surface area contributed by atoms with Gasteiger partial charge in [0.15, 0.2) is 11.0 Å². The molecule has 0 bridgehead atoms. The number of anilines is 1. The number of amides is 3. The van der Waals surface area contributed by atoms with E-state index in [1.165, 1.54) is 16.7 Å². The predicted molar refractivity (Wildman–Crippen MR) is 163 cm³/mol. The van der Waals surface area contributed by atoms with Gasteiger partial charge in [-0.1, -0.05) is 72.8 Å². The van der Waals surface area contributed by atoms with E-state index >= 15 is 0 Å². The molecular formula is C29H32ClN7O2S. The summed E-state index contributed by atoms with van der Waals surface area (Å²) in [5.74, 6) is 0.636. The lowest BCUT2D eigenvalue weighted by Gasteiger charge is -2.21. The van der Waals surface area contributed by atoms with Crippen LogP contribution in [0.25, 0.3) is 17.1 Å². The highest BCUT2D eigenvalue weighted by molar-refractivity contribution is 8.15. The molecule has 1 aromatic heterocycles. The zero-order chi connectivity index (χ0) is 28.8. The van der Waals surface area contributed by atoms with Crippen LogP contribution in [0.4, 0.5) is 10.5 Å². The zero-order valence-electron chi connectivity index (χ0n) is 23.1. The summed E-state index contributed by atoms with van der Waals surface area (Å²) in [6.07, 6.45) is 8.66. The van der Waals surface area contributed by atoms with Gasteiger partial charge in [0.2, 0.25) is 5.91 Å². The first-order chi connectivity index (χ1) is 19.2. The number of aliphatic imine (C=N–C) groups is 1. The van der Waals surface area contributed by atoms with Crippen LogP contribution < -0.4 is 15.8 Å². The summed E-state index contributed by atoms with van der Waals surface area (Å²) in [7, 11) is 0. The molecule has 4 rings (SSSR count). The molecule has 2 aromatic carbocycles. The Kier molecular flexibility index (Phi) is 9.57. The fraction of sp³-hybridized carbons (Fsp3) is 0.276. The summed E-state index contributed by atoms with van der Waals surface area (Å²) in [4.78, 5) is 35.4. The number of aryl methyl sites for hydroxylation is 1. The van der Waals surface area contributed by atoms with E-state index < -0.39 is 6.03 Å². The Bertz CT molecular complexity index is 1490. The molecule has 11 heteroatoms. The van der Waals surface area contributed by atoms with E-state index in [1.54, 1.807) is 17.1 Å². The van der Waals surface area contributed by atoms with Gasteiger partial charge in [0.05, 0.1) is 22.2 Å². The van der Waals surface area contributed by atoms with Gasteiger partial charge >= 0.3 is 6.03 Å². The van der Waals surface area contributed by atoms with Crippen LogP contribution in [0.3, 0.4) is 0 Å². The molecule has 1 atom stereocenters. The van der Waals surface area contributed by atoms with Crippen LogP contribution in [-0.2, 0) is 4.79 Å². The molecule has 1 saturated heterocycles. The number of carbonyl (C=O) groups excluding carboxylic acids is 2. The normalized spacial score (nSPS) is 15.8. The Morgan fingerprint density at radius 3 is 2.67 bits per heavy atom. The van der Waals surface area contributed by atoms with Crippen LogP contribution in [0.1, 0.15) is 49.9 Å². The van der Waals surface area contributed by atoms with Crippen molar-refractivity contribution >= 4 is 51.9 Å². The number of thioether (sulfide) groups is 1. The predicted octanol–water partition coefficient (Wildman–Crippen LogP) is 6.45. The van der Waals surface area contributed by atoms with Gasteiger partial charge in [-0.05, 0) is 62.9 Å². The fourth-order valence-corrected chi connectivity index (χ4v) is 5.27. The Labute approximate surface area is 243 Å². The Hall–Kier alpha value is -3.73. The topological polar surface area (TPSA) is 105 Å². The van der Waals surface area contributed by atoms with Crippen molar-refractivity contribution in [3.05, 3.63) is 82.7 Å². The monoisotopic (exact) mass is 577 g/mol. The summed E-state index contributed by atoms with van der Waals surface area (Å²) in [6, 6.07) is 10.6. The number of amidine groups is 1. The molecule has 3 aromatic rings. The fourth-order valence-electron chi connectivity index (χ4n) is 4.13. The molecular weight excluding hydrogens is 546 g/mol. The number of carbonyl (C=O) groups is 2. The third-order valence-electron chi connectivity index (χ3n) is 6.41. The number of hydrogen-bond acceptors (Lipinski definition) is 6. The minimum Gasteiger partial charge on any atom is -0.273 e. The first kappa shape index (κ1) is 29.3. The molecule has 0 spiro atoms. The highest BCUT2D eigenvalue weighted by Gasteiger charge is 2.33. The van der Waals surface area contributed by atoms with Gasteiger partial charge in [-0.3, -0.25) is 15.1 Å². The number of aromatic nitrogens is 3. The second-order valence-corrected chi connectivity index (χ2v) is 10.6. The van der Waals surface area contributed by atoms with Crippen LogP contribution in [0, 0.1) is 13.8 Å². The number of rotatable bonds is 8. The van der Waals surface area contributed by atoms with Gasteiger partial charge in [-0.25, -0.2) is 19.9 Å². The molecule has 3 amide bonds. The molecule has 0 aliphatic carbocycles.